The summed E-state index contributed by atoms with van der Waals surface area (Å²) in [6.45, 7) is 4.35. The molecule has 1 aliphatic rings. The minimum Gasteiger partial charge on any atom is -0.369 e. The molecule has 21 heavy (non-hydrogen) atoms. The Morgan fingerprint density at radius 1 is 1.33 bits per heavy atom. The average Bonchev–Trinajstić information content (AvgIpc) is 2.47. The van der Waals surface area contributed by atoms with Gasteiger partial charge in [0.25, 0.3) is 0 Å². The lowest BCUT2D eigenvalue weighted by Gasteiger charge is -2.37. The Morgan fingerprint density at radius 3 is 2.67 bits per heavy atom. The third-order valence-corrected chi connectivity index (χ3v) is 4.98. The van der Waals surface area contributed by atoms with Crippen LogP contribution in [0.4, 0.5) is 10.1 Å². The largest absolute Gasteiger partial charge is 0.369 e. The van der Waals surface area contributed by atoms with Crippen LogP contribution in [0.3, 0.4) is 0 Å². The second-order valence-electron chi connectivity index (χ2n) is 6.60. The van der Waals surface area contributed by atoms with Crippen molar-refractivity contribution in [2.45, 2.75) is 64.5 Å². The molecule has 1 aromatic rings. The van der Waals surface area contributed by atoms with Crippen molar-refractivity contribution in [3.8, 4) is 0 Å². The van der Waals surface area contributed by atoms with E-state index in [1.807, 2.05) is 19.2 Å². The molecule has 0 heterocycles. The van der Waals surface area contributed by atoms with Gasteiger partial charge in [-0.3, -0.25) is 0 Å². The van der Waals surface area contributed by atoms with Crippen molar-refractivity contribution >= 4 is 5.69 Å². The van der Waals surface area contributed by atoms with Crippen molar-refractivity contribution in [3.05, 3.63) is 29.6 Å². The smallest absolute Gasteiger partial charge is 0.146 e. The van der Waals surface area contributed by atoms with E-state index in [1.54, 1.807) is 6.07 Å². The van der Waals surface area contributed by atoms with Crippen LogP contribution in [0.15, 0.2) is 18.2 Å². The molecule has 0 aromatic heterocycles. The molecule has 2 nitrogen and oxygen atoms in total. The minimum absolute atomic E-state index is 0.115. The first-order valence-corrected chi connectivity index (χ1v) is 8.29. The molecular formula is C18H29FN2. The van der Waals surface area contributed by atoms with E-state index in [-0.39, 0.29) is 11.9 Å². The van der Waals surface area contributed by atoms with Gasteiger partial charge in [-0.05, 0) is 49.3 Å². The van der Waals surface area contributed by atoms with Gasteiger partial charge in [0.05, 0.1) is 5.69 Å². The van der Waals surface area contributed by atoms with E-state index >= 15 is 0 Å². The van der Waals surface area contributed by atoms with Crippen LogP contribution < -0.4 is 10.6 Å². The van der Waals surface area contributed by atoms with Gasteiger partial charge < -0.3 is 10.6 Å². The second kappa shape index (κ2) is 7.26. The molecule has 2 N–H and O–H groups in total. The molecule has 1 fully saturated rings. The van der Waals surface area contributed by atoms with Crippen LogP contribution in [0.25, 0.3) is 0 Å². The minimum atomic E-state index is -0.115. The molecule has 0 saturated heterocycles. The zero-order chi connectivity index (χ0) is 15.4. The van der Waals surface area contributed by atoms with Crippen molar-refractivity contribution in [1.82, 2.24) is 0 Å². The molecule has 1 aliphatic carbocycles. The number of rotatable bonds is 5. The van der Waals surface area contributed by atoms with E-state index in [1.165, 1.54) is 25.7 Å². The fourth-order valence-corrected chi connectivity index (χ4v) is 3.46. The first-order chi connectivity index (χ1) is 10.0. The number of hydrogen-bond donors (Lipinski definition) is 1. The van der Waals surface area contributed by atoms with E-state index in [9.17, 15) is 4.39 Å². The summed E-state index contributed by atoms with van der Waals surface area (Å²) in [5.41, 5.74) is 7.68. The first kappa shape index (κ1) is 16.3. The molecular weight excluding hydrogens is 263 g/mol. The van der Waals surface area contributed by atoms with E-state index < -0.39 is 0 Å². The van der Waals surface area contributed by atoms with Crippen molar-refractivity contribution < 1.29 is 4.39 Å². The Morgan fingerprint density at radius 2 is 2.05 bits per heavy atom. The fourth-order valence-electron chi connectivity index (χ4n) is 3.46. The number of halogens is 1. The molecule has 3 heteroatoms. The maximum Gasteiger partial charge on any atom is 0.146 e. The van der Waals surface area contributed by atoms with Crippen molar-refractivity contribution in [2.24, 2.45) is 11.7 Å². The number of nitrogens with zero attached hydrogens (tertiary/aromatic N) is 1. The van der Waals surface area contributed by atoms with E-state index in [0.29, 0.717) is 12.0 Å². The second-order valence-corrected chi connectivity index (χ2v) is 6.60. The lowest BCUT2D eigenvalue weighted by molar-refractivity contribution is 0.320. The fraction of sp³-hybridized carbons (Fsp3) is 0.667. The summed E-state index contributed by atoms with van der Waals surface area (Å²) in [5, 5.41) is 0. The van der Waals surface area contributed by atoms with Gasteiger partial charge in [0, 0.05) is 19.1 Å². The summed E-state index contributed by atoms with van der Waals surface area (Å²) in [6, 6.07) is 6.18. The van der Waals surface area contributed by atoms with Gasteiger partial charge in [-0.1, -0.05) is 32.8 Å². The summed E-state index contributed by atoms with van der Waals surface area (Å²) in [4.78, 5) is 2.14. The summed E-state index contributed by atoms with van der Waals surface area (Å²) < 4.78 is 14.5. The Bertz CT molecular complexity index is 461. The number of hydrogen-bond acceptors (Lipinski definition) is 2. The van der Waals surface area contributed by atoms with Crippen LogP contribution in [0.5, 0.6) is 0 Å². The SMILES string of the molecule is CCC(N)Cc1ccc(N(C)C2CCCCC2C)c(F)c1. The maximum absolute atomic E-state index is 14.5. The summed E-state index contributed by atoms with van der Waals surface area (Å²) >= 11 is 0. The van der Waals surface area contributed by atoms with Crippen LogP contribution in [0.2, 0.25) is 0 Å². The molecule has 2 rings (SSSR count). The Hall–Kier alpha value is -1.09. The third-order valence-electron chi connectivity index (χ3n) is 4.98. The molecule has 3 atom stereocenters. The number of benzene rings is 1. The average molecular weight is 292 g/mol. The monoisotopic (exact) mass is 292 g/mol. The zero-order valence-electron chi connectivity index (χ0n) is 13.6. The summed E-state index contributed by atoms with van der Waals surface area (Å²) in [6.07, 6.45) is 6.64. The molecule has 0 spiro atoms. The van der Waals surface area contributed by atoms with Gasteiger partial charge in [0.2, 0.25) is 0 Å². The molecule has 3 unspecified atom stereocenters. The Kier molecular flexibility index (Phi) is 5.63. The highest BCUT2D eigenvalue weighted by molar-refractivity contribution is 5.49. The molecule has 118 valence electrons. The van der Waals surface area contributed by atoms with Crippen LogP contribution in [-0.2, 0) is 6.42 Å². The lowest BCUT2D eigenvalue weighted by atomic mass is 9.85. The van der Waals surface area contributed by atoms with Crippen LogP contribution in [0, 0.1) is 11.7 Å². The molecule has 0 radical (unpaired) electrons. The summed E-state index contributed by atoms with van der Waals surface area (Å²) in [5.74, 6) is 0.521. The van der Waals surface area contributed by atoms with E-state index in [2.05, 4.69) is 18.7 Å². The number of anilines is 1. The van der Waals surface area contributed by atoms with E-state index in [0.717, 1.165) is 24.1 Å². The van der Waals surface area contributed by atoms with Gasteiger partial charge in [-0.25, -0.2) is 4.39 Å². The van der Waals surface area contributed by atoms with Crippen molar-refractivity contribution in [2.75, 3.05) is 11.9 Å². The molecule has 0 bridgehead atoms. The number of nitrogens with two attached hydrogens (primary N) is 1. The van der Waals surface area contributed by atoms with Gasteiger partial charge in [-0.15, -0.1) is 0 Å². The highest BCUT2D eigenvalue weighted by Crippen LogP contribution is 2.31. The zero-order valence-corrected chi connectivity index (χ0v) is 13.6. The predicted molar refractivity (Wildman–Crippen MR) is 88.2 cm³/mol. The predicted octanol–water partition coefficient (Wildman–Crippen LogP) is 4.12. The van der Waals surface area contributed by atoms with E-state index in [4.69, 9.17) is 5.73 Å². The molecule has 1 saturated carbocycles. The maximum atomic E-state index is 14.5. The van der Waals surface area contributed by atoms with Crippen molar-refractivity contribution in [3.63, 3.8) is 0 Å². The van der Waals surface area contributed by atoms with Crippen LogP contribution in [-0.4, -0.2) is 19.1 Å². The molecule has 1 aromatic carbocycles. The van der Waals surface area contributed by atoms with Gasteiger partial charge in [-0.2, -0.15) is 0 Å². The topological polar surface area (TPSA) is 29.3 Å². The Labute approximate surface area is 128 Å². The summed E-state index contributed by atoms with van der Waals surface area (Å²) in [7, 11) is 2.03. The Balaban J connectivity index is 2.12. The van der Waals surface area contributed by atoms with Gasteiger partial charge >= 0.3 is 0 Å². The third kappa shape index (κ3) is 3.97. The first-order valence-electron chi connectivity index (χ1n) is 8.29. The normalized spacial score (nSPS) is 23.9. The van der Waals surface area contributed by atoms with Crippen LogP contribution in [0.1, 0.15) is 51.5 Å². The van der Waals surface area contributed by atoms with Gasteiger partial charge in [0.1, 0.15) is 5.82 Å². The molecule has 0 amide bonds. The molecule has 0 aliphatic heterocycles. The standard InChI is InChI=1S/C18H29FN2/c1-4-15(20)11-14-9-10-18(16(19)12-14)21(3)17-8-6-5-7-13(17)2/h9-10,12-13,15,17H,4-8,11,20H2,1-3H3. The van der Waals surface area contributed by atoms with Crippen molar-refractivity contribution in [1.29, 1.82) is 0 Å². The lowest BCUT2D eigenvalue weighted by Crippen LogP contribution is -2.39. The van der Waals surface area contributed by atoms with Gasteiger partial charge in [0.15, 0.2) is 0 Å². The highest BCUT2D eigenvalue weighted by Gasteiger charge is 2.26. The van der Waals surface area contributed by atoms with Crippen LogP contribution >= 0.6 is 0 Å². The highest BCUT2D eigenvalue weighted by atomic mass is 19.1. The quantitative estimate of drug-likeness (QED) is 0.884.